The van der Waals surface area contributed by atoms with Gasteiger partial charge in [0.05, 0.1) is 17.6 Å². The Hall–Kier alpha value is -2.44. The maximum absolute atomic E-state index is 12.7. The predicted molar refractivity (Wildman–Crippen MR) is 89.9 cm³/mol. The lowest BCUT2D eigenvalue weighted by Gasteiger charge is -2.32. The van der Waals surface area contributed by atoms with Crippen molar-refractivity contribution in [2.24, 2.45) is 5.92 Å². The summed E-state index contributed by atoms with van der Waals surface area (Å²) < 4.78 is 1.68. The third-order valence-electron chi connectivity index (χ3n) is 4.77. The fourth-order valence-corrected chi connectivity index (χ4v) is 3.31. The van der Waals surface area contributed by atoms with Gasteiger partial charge in [-0.3, -0.25) is 19.3 Å². The molecule has 1 saturated heterocycles. The molecule has 3 heterocycles. The lowest BCUT2D eigenvalue weighted by Crippen LogP contribution is -2.40. The SMILES string of the molecule is Cc1n[nH]c(C)c1C(=O)N1CCC(Cn2cncc(C)c2=O)CC1. The van der Waals surface area contributed by atoms with Crippen molar-refractivity contribution < 1.29 is 4.79 Å². The molecule has 2 aromatic heterocycles. The third kappa shape index (κ3) is 3.11. The minimum absolute atomic E-state index is 0.0214. The van der Waals surface area contributed by atoms with Crippen LogP contribution in [0.25, 0.3) is 0 Å². The Kier molecular flexibility index (Phi) is 4.51. The lowest BCUT2D eigenvalue weighted by molar-refractivity contribution is 0.0681. The van der Waals surface area contributed by atoms with E-state index < -0.39 is 0 Å². The molecule has 128 valence electrons. The molecular formula is C17H23N5O2. The van der Waals surface area contributed by atoms with Gasteiger partial charge in [0.1, 0.15) is 0 Å². The van der Waals surface area contributed by atoms with E-state index in [0.29, 0.717) is 36.7 Å². The van der Waals surface area contributed by atoms with Gasteiger partial charge in [0.25, 0.3) is 11.5 Å². The van der Waals surface area contributed by atoms with Gasteiger partial charge in [0.2, 0.25) is 0 Å². The van der Waals surface area contributed by atoms with Crippen LogP contribution in [-0.2, 0) is 6.54 Å². The van der Waals surface area contributed by atoms with Crippen molar-refractivity contribution in [3.63, 3.8) is 0 Å². The molecular weight excluding hydrogens is 306 g/mol. The van der Waals surface area contributed by atoms with Crippen molar-refractivity contribution in [1.29, 1.82) is 0 Å². The molecule has 1 fully saturated rings. The summed E-state index contributed by atoms with van der Waals surface area (Å²) in [5.74, 6) is 0.438. The molecule has 1 aliphatic heterocycles. The summed E-state index contributed by atoms with van der Waals surface area (Å²) in [5, 5.41) is 6.97. The minimum Gasteiger partial charge on any atom is -0.339 e. The van der Waals surface area contributed by atoms with Crippen LogP contribution < -0.4 is 5.56 Å². The van der Waals surface area contributed by atoms with Gasteiger partial charge < -0.3 is 4.90 Å². The fourth-order valence-electron chi connectivity index (χ4n) is 3.31. The Bertz CT molecular complexity index is 780. The summed E-state index contributed by atoms with van der Waals surface area (Å²) in [5.41, 5.74) is 2.94. The quantitative estimate of drug-likeness (QED) is 0.923. The summed E-state index contributed by atoms with van der Waals surface area (Å²) in [6.45, 7) is 7.59. The molecule has 24 heavy (non-hydrogen) atoms. The van der Waals surface area contributed by atoms with Gasteiger partial charge in [0.15, 0.2) is 0 Å². The van der Waals surface area contributed by atoms with Crippen LogP contribution in [0.5, 0.6) is 0 Å². The first kappa shape index (κ1) is 16.4. The van der Waals surface area contributed by atoms with E-state index >= 15 is 0 Å². The van der Waals surface area contributed by atoms with E-state index in [1.54, 1.807) is 24.0 Å². The van der Waals surface area contributed by atoms with E-state index in [1.165, 1.54) is 0 Å². The highest BCUT2D eigenvalue weighted by molar-refractivity contribution is 5.96. The molecule has 0 spiro atoms. The zero-order valence-electron chi connectivity index (χ0n) is 14.4. The van der Waals surface area contributed by atoms with Gasteiger partial charge in [-0.05, 0) is 39.5 Å². The van der Waals surface area contributed by atoms with Crippen molar-refractivity contribution in [2.45, 2.75) is 40.2 Å². The molecule has 0 saturated carbocycles. The molecule has 1 amide bonds. The highest BCUT2D eigenvalue weighted by Crippen LogP contribution is 2.21. The molecule has 0 bridgehead atoms. The van der Waals surface area contributed by atoms with E-state index in [4.69, 9.17) is 0 Å². The maximum Gasteiger partial charge on any atom is 0.257 e. The van der Waals surface area contributed by atoms with E-state index in [2.05, 4.69) is 15.2 Å². The van der Waals surface area contributed by atoms with Crippen LogP contribution in [0.2, 0.25) is 0 Å². The van der Waals surface area contributed by atoms with Crippen molar-refractivity contribution >= 4 is 5.91 Å². The van der Waals surface area contributed by atoms with Gasteiger partial charge in [-0.25, -0.2) is 4.98 Å². The lowest BCUT2D eigenvalue weighted by atomic mass is 9.96. The van der Waals surface area contributed by atoms with Crippen LogP contribution in [0.1, 0.15) is 40.2 Å². The molecule has 0 atom stereocenters. The fraction of sp³-hybridized carbons (Fsp3) is 0.529. The van der Waals surface area contributed by atoms with Crippen LogP contribution in [0, 0.1) is 26.7 Å². The second-order valence-electron chi connectivity index (χ2n) is 6.58. The molecule has 0 unspecified atom stereocenters. The molecule has 7 heteroatoms. The molecule has 0 radical (unpaired) electrons. The number of carbonyl (C=O) groups is 1. The number of piperidine rings is 1. The van der Waals surface area contributed by atoms with Crippen molar-refractivity contribution in [1.82, 2.24) is 24.6 Å². The molecule has 0 aromatic carbocycles. The number of nitrogens with zero attached hydrogens (tertiary/aromatic N) is 4. The zero-order chi connectivity index (χ0) is 17.3. The van der Waals surface area contributed by atoms with Crippen molar-refractivity contribution in [2.75, 3.05) is 13.1 Å². The predicted octanol–water partition coefficient (Wildman–Crippen LogP) is 1.44. The first-order chi connectivity index (χ1) is 11.5. The van der Waals surface area contributed by atoms with Gasteiger partial charge >= 0.3 is 0 Å². The Morgan fingerprint density at radius 2 is 2.00 bits per heavy atom. The van der Waals surface area contributed by atoms with E-state index in [1.807, 2.05) is 18.7 Å². The summed E-state index contributed by atoms with van der Waals surface area (Å²) in [6.07, 6.45) is 4.98. The zero-order valence-corrected chi connectivity index (χ0v) is 14.4. The number of nitrogens with one attached hydrogen (secondary N) is 1. The van der Waals surface area contributed by atoms with Crippen molar-refractivity contribution in [3.8, 4) is 0 Å². The number of aromatic nitrogens is 4. The smallest absolute Gasteiger partial charge is 0.257 e. The van der Waals surface area contributed by atoms with Crippen LogP contribution in [-0.4, -0.2) is 43.6 Å². The third-order valence-corrected chi connectivity index (χ3v) is 4.77. The Morgan fingerprint density at radius 1 is 1.29 bits per heavy atom. The Labute approximate surface area is 140 Å². The average molecular weight is 329 g/mol. The first-order valence-corrected chi connectivity index (χ1v) is 8.29. The largest absolute Gasteiger partial charge is 0.339 e. The molecule has 3 rings (SSSR count). The number of aryl methyl sites for hydroxylation is 3. The van der Waals surface area contributed by atoms with Crippen molar-refractivity contribution in [3.05, 3.63) is 45.4 Å². The summed E-state index contributed by atoms with van der Waals surface area (Å²) in [6, 6.07) is 0. The molecule has 2 aromatic rings. The number of H-pyrrole nitrogens is 1. The van der Waals surface area contributed by atoms with Gasteiger partial charge in [-0.15, -0.1) is 0 Å². The van der Waals surface area contributed by atoms with E-state index in [-0.39, 0.29) is 11.5 Å². The number of aromatic amines is 1. The normalized spacial score (nSPS) is 15.7. The standard InChI is InChI=1S/C17H23N5O2/c1-11-8-18-10-22(16(11)23)9-14-4-6-21(7-5-14)17(24)15-12(2)19-20-13(15)3/h8,10,14H,4-7,9H2,1-3H3,(H,19,20). The highest BCUT2D eigenvalue weighted by Gasteiger charge is 2.26. The monoisotopic (exact) mass is 329 g/mol. The molecule has 1 N–H and O–H groups in total. The van der Waals surface area contributed by atoms with Crippen LogP contribution in [0.4, 0.5) is 0 Å². The summed E-state index contributed by atoms with van der Waals surface area (Å²) in [4.78, 5) is 30.7. The minimum atomic E-state index is 0.0214. The first-order valence-electron chi connectivity index (χ1n) is 8.29. The Morgan fingerprint density at radius 3 is 2.62 bits per heavy atom. The van der Waals surface area contributed by atoms with E-state index in [0.717, 1.165) is 24.2 Å². The topological polar surface area (TPSA) is 83.9 Å². The number of carbonyl (C=O) groups excluding carboxylic acids is 1. The molecule has 7 nitrogen and oxygen atoms in total. The van der Waals surface area contributed by atoms with Crippen LogP contribution in [0.3, 0.4) is 0 Å². The van der Waals surface area contributed by atoms with Crippen LogP contribution >= 0.6 is 0 Å². The number of amides is 1. The van der Waals surface area contributed by atoms with Crippen LogP contribution in [0.15, 0.2) is 17.3 Å². The molecule has 0 aliphatic carbocycles. The van der Waals surface area contributed by atoms with Gasteiger partial charge in [-0.2, -0.15) is 5.10 Å². The Balaban J connectivity index is 1.63. The second-order valence-corrected chi connectivity index (χ2v) is 6.58. The average Bonchev–Trinajstić information content (AvgIpc) is 2.91. The summed E-state index contributed by atoms with van der Waals surface area (Å²) in [7, 11) is 0. The number of likely N-dealkylation sites (tertiary alicyclic amines) is 1. The summed E-state index contributed by atoms with van der Waals surface area (Å²) >= 11 is 0. The number of rotatable bonds is 3. The highest BCUT2D eigenvalue weighted by atomic mass is 16.2. The van der Waals surface area contributed by atoms with E-state index in [9.17, 15) is 9.59 Å². The number of hydrogen-bond acceptors (Lipinski definition) is 4. The maximum atomic E-state index is 12.7. The molecule has 1 aliphatic rings. The van der Waals surface area contributed by atoms with Gasteiger partial charge in [-0.1, -0.05) is 0 Å². The van der Waals surface area contributed by atoms with Gasteiger partial charge in [0, 0.05) is 37.1 Å². The number of hydrogen-bond donors (Lipinski definition) is 1. The second kappa shape index (κ2) is 6.59.